The van der Waals surface area contributed by atoms with Crippen LogP contribution < -0.4 is 4.74 Å². The second kappa shape index (κ2) is 11.0. The minimum absolute atomic E-state index is 0.0381. The van der Waals surface area contributed by atoms with Crippen molar-refractivity contribution in [2.24, 2.45) is 0 Å². The van der Waals surface area contributed by atoms with Gasteiger partial charge in [-0.25, -0.2) is 0 Å². The maximum absolute atomic E-state index is 12.1. The topological polar surface area (TPSA) is 171 Å². The van der Waals surface area contributed by atoms with Gasteiger partial charge in [0, 0.05) is 58.6 Å². The Labute approximate surface area is 291 Å². The van der Waals surface area contributed by atoms with Gasteiger partial charge in [-0.2, -0.15) is 0 Å². The first kappa shape index (κ1) is 30.6. The summed E-state index contributed by atoms with van der Waals surface area (Å²) < 4.78 is 6.71. The smallest absolute Gasteiger partial charge is 0.135 e. The second-order valence-electron chi connectivity index (χ2n) is 13.7. The molecule has 0 saturated carbocycles. The fraction of sp³-hybridized carbons (Fsp3) is 0.143. The molecule has 0 saturated heterocycles. The molecule has 3 aliphatic rings. The van der Waals surface area contributed by atoms with E-state index in [0.29, 0.717) is 50.3 Å². The Morgan fingerprint density at radius 2 is 0.804 bits per heavy atom. The summed E-state index contributed by atoms with van der Waals surface area (Å²) in [7, 11) is 0. The van der Waals surface area contributed by atoms with Gasteiger partial charge in [0.2, 0.25) is 0 Å². The summed E-state index contributed by atoms with van der Waals surface area (Å²) >= 11 is 0. The average molecular weight is 681 g/mol. The van der Waals surface area contributed by atoms with Crippen LogP contribution in [-0.4, -0.2) is 40.9 Å². The molecular weight excluding hydrogens is 648 g/mol. The van der Waals surface area contributed by atoms with E-state index in [1.807, 2.05) is 12.1 Å². The first-order valence-electron chi connectivity index (χ1n) is 16.6. The molecule has 6 atom stereocenters. The number of rotatable bonds is 3. The molecule has 9 heteroatoms. The fourth-order valence-corrected chi connectivity index (χ4v) is 9.07. The second-order valence-corrected chi connectivity index (χ2v) is 13.7. The number of fused-ring (bicyclic) bond motifs is 8. The van der Waals surface area contributed by atoms with Crippen molar-refractivity contribution < 1.29 is 45.6 Å². The summed E-state index contributed by atoms with van der Waals surface area (Å²) in [5, 5.41) is 88.2. The molecule has 51 heavy (non-hydrogen) atoms. The largest absolute Gasteiger partial charge is 0.508 e. The van der Waals surface area contributed by atoms with Crippen molar-refractivity contribution >= 4 is 0 Å². The van der Waals surface area contributed by atoms with Gasteiger partial charge in [0.15, 0.2) is 0 Å². The van der Waals surface area contributed by atoms with Crippen LogP contribution in [0, 0.1) is 0 Å². The molecule has 9 rings (SSSR count). The highest BCUT2D eigenvalue weighted by Gasteiger charge is 2.54. The lowest BCUT2D eigenvalue weighted by Gasteiger charge is -2.34. The Morgan fingerprint density at radius 1 is 0.353 bits per heavy atom. The van der Waals surface area contributed by atoms with Crippen molar-refractivity contribution in [3.63, 3.8) is 0 Å². The van der Waals surface area contributed by atoms with E-state index in [1.165, 1.54) is 18.2 Å². The molecular formula is C42H32O9. The maximum Gasteiger partial charge on any atom is 0.135 e. The third-order valence-electron chi connectivity index (χ3n) is 10.9. The van der Waals surface area contributed by atoms with E-state index < -0.39 is 35.7 Å². The van der Waals surface area contributed by atoms with Crippen LogP contribution in [0.2, 0.25) is 0 Å². The summed E-state index contributed by atoms with van der Waals surface area (Å²) in [6, 6.07) is 29.1. The van der Waals surface area contributed by atoms with Crippen molar-refractivity contribution in [3.05, 3.63) is 159 Å². The van der Waals surface area contributed by atoms with Crippen LogP contribution in [0.5, 0.6) is 51.7 Å². The van der Waals surface area contributed by atoms with Crippen LogP contribution in [-0.2, 0) is 0 Å². The molecule has 8 N–H and O–H groups in total. The first-order valence-corrected chi connectivity index (χ1v) is 16.6. The molecule has 6 aromatic rings. The zero-order chi connectivity index (χ0) is 35.3. The lowest BCUT2D eigenvalue weighted by Crippen LogP contribution is -2.20. The SMILES string of the molecule is Oc1ccc([C@@H]2c3c(O)cc(O)cc3[C@@H]3c4c(cc(O)cc4[C@H]4c5c(O)cc(O)cc5[C@@H]2[C@@H]4c2ccc(O)cc2)O[C@H]3c2ccc(O)cc2)cc1. The number of phenolic OH excluding ortho intramolecular Hbond substituents is 8. The van der Waals surface area contributed by atoms with Crippen LogP contribution in [0.3, 0.4) is 0 Å². The first-order chi connectivity index (χ1) is 24.6. The Balaban J connectivity index is 1.47. The monoisotopic (exact) mass is 680 g/mol. The van der Waals surface area contributed by atoms with Gasteiger partial charge in [0.25, 0.3) is 0 Å². The maximum atomic E-state index is 12.1. The van der Waals surface area contributed by atoms with E-state index in [2.05, 4.69) is 0 Å². The Kier molecular flexibility index (Phi) is 6.60. The Hall–Kier alpha value is -6.48. The third kappa shape index (κ3) is 4.61. The summed E-state index contributed by atoms with van der Waals surface area (Å²) in [5.74, 6) is -3.37. The van der Waals surface area contributed by atoms with Gasteiger partial charge in [0.05, 0.1) is 5.92 Å². The molecule has 6 aromatic carbocycles. The molecule has 0 fully saturated rings. The molecule has 0 unspecified atom stereocenters. The van der Waals surface area contributed by atoms with Crippen molar-refractivity contribution in [2.45, 2.75) is 35.7 Å². The van der Waals surface area contributed by atoms with E-state index in [0.717, 1.165) is 5.56 Å². The van der Waals surface area contributed by atoms with Crippen LogP contribution in [0.1, 0.15) is 85.8 Å². The molecule has 2 aliphatic carbocycles. The van der Waals surface area contributed by atoms with E-state index in [9.17, 15) is 40.9 Å². The molecule has 0 amide bonds. The van der Waals surface area contributed by atoms with Crippen LogP contribution in [0.4, 0.5) is 0 Å². The van der Waals surface area contributed by atoms with E-state index in [-0.39, 0.29) is 46.0 Å². The van der Waals surface area contributed by atoms with Crippen LogP contribution >= 0.6 is 0 Å². The van der Waals surface area contributed by atoms with Crippen molar-refractivity contribution in [2.75, 3.05) is 0 Å². The Morgan fingerprint density at radius 3 is 1.37 bits per heavy atom. The lowest BCUT2D eigenvalue weighted by molar-refractivity contribution is 0.221. The standard InChI is InChI=1S/C42H32O9/c43-22-7-1-19(2-8-22)34-36-29(14-26(47)16-31(36)49)41-38-30(15-27(48)18-33(38)51-42(41)21-5-11-24(45)12-6-21)40-35(20-3-9-23(44)10-4-20)39(34)28-13-25(46)17-32(50)37(28)40/h1-18,34-35,39-50H/t34-,35+,39+,40-,41-,42+/m1/s1. The zero-order valence-electron chi connectivity index (χ0n) is 26.8. The lowest BCUT2D eigenvalue weighted by atomic mass is 9.68. The van der Waals surface area contributed by atoms with E-state index in [4.69, 9.17) is 4.74 Å². The van der Waals surface area contributed by atoms with Crippen molar-refractivity contribution in [3.8, 4) is 51.7 Å². The number of benzene rings is 6. The van der Waals surface area contributed by atoms with Crippen LogP contribution in [0.15, 0.2) is 109 Å². The molecule has 9 nitrogen and oxygen atoms in total. The Bertz CT molecular complexity index is 2350. The van der Waals surface area contributed by atoms with E-state index >= 15 is 0 Å². The third-order valence-corrected chi connectivity index (χ3v) is 10.9. The van der Waals surface area contributed by atoms with Gasteiger partial charge in [-0.15, -0.1) is 0 Å². The summed E-state index contributed by atoms with van der Waals surface area (Å²) in [6.45, 7) is 0. The minimum atomic E-state index is -0.738. The fourth-order valence-electron chi connectivity index (χ4n) is 9.07. The molecule has 1 heterocycles. The number of phenols is 8. The summed E-state index contributed by atoms with van der Waals surface area (Å²) in [5.41, 5.74) is 5.65. The number of aromatic hydroxyl groups is 8. The van der Waals surface area contributed by atoms with E-state index in [1.54, 1.807) is 78.9 Å². The van der Waals surface area contributed by atoms with Gasteiger partial charge in [-0.05, 0) is 88.0 Å². The normalized spacial score (nSPS) is 22.5. The molecule has 0 radical (unpaired) electrons. The highest BCUT2D eigenvalue weighted by atomic mass is 16.5. The zero-order valence-corrected chi connectivity index (χ0v) is 26.8. The number of hydrogen-bond donors (Lipinski definition) is 8. The summed E-state index contributed by atoms with van der Waals surface area (Å²) in [6.07, 6.45) is -0.738. The minimum Gasteiger partial charge on any atom is -0.508 e. The molecule has 1 aliphatic heterocycles. The average Bonchev–Trinajstić information content (AvgIpc) is 3.64. The van der Waals surface area contributed by atoms with Gasteiger partial charge in [0.1, 0.15) is 57.8 Å². The van der Waals surface area contributed by atoms with Gasteiger partial charge < -0.3 is 45.6 Å². The van der Waals surface area contributed by atoms with Gasteiger partial charge >= 0.3 is 0 Å². The van der Waals surface area contributed by atoms with Gasteiger partial charge in [-0.3, -0.25) is 0 Å². The quantitative estimate of drug-likeness (QED) is 0.0931. The molecule has 254 valence electrons. The van der Waals surface area contributed by atoms with Gasteiger partial charge in [-0.1, -0.05) is 36.4 Å². The van der Waals surface area contributed by atoms with Crippen LogP contribution in [0.25, 0.3) is 0 Å². The van der Waals surface area contributed by atoms with Crippen molar-refractivity contribution in [1.82, 2.24) is 0 Å². The molecule has 0 spiro atoms. The highest BCUT2D eigenvalue weighted by molar-refractivity contribution is 5.70. The molecule has 2 bridgehead atoms. The summed E-state index contributed by atoms with van der Waals surface area (Å²) in [4.78, 5) is 0. The van der Waals surface area contributed by atoms with Crippen molar-refractivity contribution in [1.29, 1.82) is 0 Å². The number of hydrogen-bond acceptors (Lipinski definition) is 9. The predicted octanol–water partition coefficient (Wildman–Crippen LogP) is 7.76. The molecule has 0 aromatic heterocycles. The predicted molar refractivity (Wildman–Crippen MR) is 186 cm³/mol. The number of ether oxygens (including phenoxy) is 1. The highest BCUT2D eigenvalue weighted by Crippen LogP contribution is 2.68.